The molecule has 2 aromatic rings. The van der Waals surface area contributed by atoms with Gasteiger partial charge < -0.3 is 25.2 Å². The van der Waals surface area contributed by atoms with E-state index in [0.717, 1.165) is 23.6 Å². The van der Waals surface area contributed by atoms with Crippen LogP contribution in [0.5, 0.6) is 11.5 Å². The highest BCUT2D eigenvalue weighted by atomic mass is 35.5. The molecule has 6 nitrogen and oxygen atoms in total. The largest absolute Gasteiger partial charge is 0.497 e. The fourth-order valence-electron chi connectivity index (χ4n) is 2.66. The number of nitrogens with zero attached hydrogens (tertiary/aromatic N) is 1. The molecule has 2 rings (SSSR count). The molecule has 1 atom stereocenters. The molecule has 28 heavy (non-hydrogen) atoms. The number of hydrogen-bond acceptors (Lipinski definition) is 4. The van der Waals surface area contributed by atoms with Gasteiger partial charge in [0.2, 0.25) is 0 Å². The van der Waals surface area contributed by atoms with Crippen molar-refractivity contribution in [3.05, 3.63) is 58.6 Å². The quantitative estimate of drug-likeness (QED) is 0.441. The van der Waals surface area contributed by atoms with Crippen LogP contribution in [0.1, 0.15) is 24.2 Å². The molecule has 0 fully saturated rings. The molecular formula is C21H28ClN3O3. The third-order valence-electron chi connectivity index (χ3n) is 4.17. The summed E-state index contributed by atoms with van der Waals surface area (Å²) in [7, 11) is 3.16. The third-order valence-corrected chi connectivity index (χ3v) is 4.54. The highest BCUT2D eigenvalue weighted by Gasteiger charge is 2.11. The predicted octanol–water partition coefficient (Wildman–Crippen LogP) is 3.19. The van der Waals surface area contributed by atoms with Gasteiger partial charge in [0, 0.05) is 24.2 Å². The Balaban J connectivity index is 1.98. The van der Waals surface area contributed by atoms with E-state index in [1.165, 1.54) is 0 Å². The summed E-state index contributed by atoms with van der Waals surface area (Å²) in [6.45, 7) is 3.60. The fourth-order valence-corrected chi connectivity index (χ4v) is 2.89. The summed E-state index contributed by atoms with van der Waals surface area (Å²) in [5, 5.41) is 17.7. The Kier molecular flexibility index (Phi) is 8.91. The SMILES string of the molecule is CCNC(=NCC(O)c1cc(OC)cc(OC)c1)NCCc1ccccc1Cl. The second-order valence-corrected chi connectivity index (χ2v) is 6.56. The highest BCUT2D eigenvalue weighted by Crippen LogP contribution is 2.26. The van der Waals surface area contributed by atoms with Crippen LogP contribution in [0.15, 0.2) is 47.5 Å². The Bertz CT molecular complexity index is 761. The lowest BCUT2D eigenvalue weighted by atomic mass is 10.1. The van der Waals surface area contributed by atoms with Gasteiger partial charge >= 0.3 is 0 Å². The number of aliphatic hydroxyl groups is 1. The van der Waals surface area contributed by atoms with Gasteiger partial charge in [-0.05, 0) is 42.7 Å². The Morgan fingerprint density at radius 2 is 1.79 bits per heavy atom. The number of rotatable bonds is 9. The monoisotopic (exact) mass is 405 g/mol. The minimum Gasteiger partial charge on any atom is -0.497 e. The molecule has 0 aliphatic rings. The predicted molar refractivity (Wildman–Crippen MR) is 114 cm³/mol. The molecule has 3 N–H and O–H groups in total. The van der Waals surface area contributed by atoms with E-state index in [1.807, 2.05) is 31.2 Å². The Labute approximate surface area is 171 Å². The molecule has 2 aromatic carbocycles. The summed E-state index contributed by atoms with van der Waals surface area (Å²) in [5.41, 5.74) is 1.77. The molecule has 0 saturated heterocycles. The van der Waals surface area contributed by atoms with Gasteiger partial charge in [-0.25, -0.2) is 0 Å². The Morgan fingerprint density at radius 1 is 1.11 bits per heavy atom. The third kappa shape index (κ3) is 6.62. The van der Waals surface area contributed by atoms with Crippen molar-refractivity contribution < 1.29 is 14.6 Å². The van der Waals surface area contributed by atoms with Gasteiger partial charge in [0.05, 0.1) is 26.9 Å². The van der Waals surface area contributed by atoms with Gasteiger partial charge in [-0.3, -0.25) is 4.99 Å². The second kappa shape index (κ2) is 11.4. The number of ether oxygens (including phenoxy) is 2. The van der Waals surface area contributed by atoms with E-state index >= 15 is 0 Å². The first kappa shape index (κ1) is 21.9. The second-order valence-electron chi connectivity index (χ2n) is 6.15. The smallest absolute Gasteiger partial charge is 0.191 e. The number of halogens is 1. The lowest BCUT2D eigenvalue weighted by Gasteiger charge is -2.15. The van der Waals surface area contributed by atoms with Crippen molar-refractivity contribution in [1.29, 1.82) is 0 Å². The topological polar surface area (TPSA) is 75.1 Å². The zero-order chi connectivity index (χ0) is 20.4. The van der Waals surface area contributed by atoms with Crippen LogP contribution in [0.2, 0.25) is 5.02 Å². The molecule has 0 aromatic heterocycles. The van der Waals surface area contributed by atoms with Gasteiger partial charge in [-0.15, -0.1) is 0 Å². The van der Waals surface area contributed by atoms with E-state index < -0.39 is 6.10 Å². The molecule has 0 spiro atoms. The summed E-state index contributed by atoms with van der Waals surface area (Å²) in [5.74, 6) is 1.90. The van der Waals surface area contributed by atoms with Gasteiger partial charge in [-0.2, -0.15) is 0 Å². The van der Waals surface area contributed by atoms with Gasteiger partial charge in [0.1, 0.15) is 11.5 Å². The van der Waals surface area contributed by atoms with E-state index in [2.05, 4.69) is 15.6 Å². The lowest BCUT2D eigenvalue weighted by Crippen LogP contribution is -2.38. The molecule has 1 unspecified atom stereocenters. The van der Waals surface area contributed by atoms with Crippen molar-refractivity contribution in [2.45, 2.75) is 19.4 Å². The first-order valence-electron chi connectivity index (χ1n) is 9.24. The lowest BCUT2D eigenvalue weighted by molar-refractivity contribution is 0.186. The summed E-state index contributed by atoms with van der Waals surface area (Å²) in [6, 6.07) is 13.1. The standard InChI is InChI=1S/C21H28ClN3O3/c1-4-23-21(24-10-9-15-7-5-6-8-19(15)22)25-14-20(26)16-11-17(27-2)13-18(12-16)28-3/h5-8,11-13,20,26H,4,9-10,14H2,1-3H3,(H2,23,24,25). The van der Waals surface area contributed by atoms with E-state index in [9.17, 15) is 5.11 Å². The van der Waals surface area contributed by atoms with Gasteiger partial charge in [0.25, 0.3) is 0 Å². The van der Waals surface area contributed by atoms with Crippen molar-refractivity contribution in [3.63, 3.8) is 0 Å². The van der Waals surface area contributed by atoms with Crippen LogP contribution in [0.25, 0.3) is 0 Å². The number of hydrogen-bond donors (Lipinski definition) is 3. The number of nitrogens with one attached hydrogen (secondary N) is 2. The molecule has 0 bridgehead atoms. The number of benzene rings is 2. The molecular weight excluding hydrogens is 378 g/mol. The first-order valence-corrected chi connectivity index (χ1v) is 9.61. The maximum atomic E-state index is 10.5. The summed E-state index contributed by atoms with van der Waals surface area (Å²) >= 11 is 6.19. The molecule has 0 aliphatic carbocycles. The highest BCUT2D eigenvalue weighted by molar-refractivity contribution is 6.31. The maximum absolute atomic E-state index is 10.5. The van der Waals surface area contributed by atoms with Crippen LogP contribution < -0.4 is 20.1 Å². The summed E-state index contributed by atoms with van der Waals surface area (Å²) in [6.07, 6.45) is 0.00253. The molecule has 7 heteroatoms. The number of aliphatic hydroxyl groups excluding tert-OH is 1. The van der Waals surface area contributed by atoms with Gasteiger partial charge in [-0.1, -0.05) is 29.8 Å². The maximum Gasteiger partial charge on any atom is 0.191 e. The number of methoxy groups -OCH3 is 2. The van der Waals surface area contributed by atoms with Crippen LogP contribution in [0.4, 0.5) is 0 Å². The average Bonchev–Trinajstić information content (AvgIpc) is 2.72. The van der Waals surface area contributed by atoms with Crippen molar-refractivity contribution in [2.75, 3.05) is 33.9 Å². The van der Waals surface area contributed by atoms with Crippen molar-refractivity contribution >= 4 is 17.6 Å². The normalized spacial score (nSPS) is 12.4. The fraction of sp³-hybridized carbons (Fsp3) is 0.381. The molecule has 152 valence electrons. The van der Waals surface area contributed by atoms with Crippen molar-refractivity contribution in [3.8, 4) is 11.5 Å². The van der Waals surface area contributed by atoms with Crippen LogP contribution in [-0.2, 0) is 6.42 Å². The van der Waals surface area contributed by atoms with Crippen molar-refractivity contribution in [1.82, 2.24) is 10.6 Å². The van der Waals surface area contributed by atoms with Gasteiger partial charge in [0.15, 0.2) is 5.96 Å². The van der Waals surface area contributed by atoms with Crippen LogP contribution in [-0.4, -0.2) is 44.9 Å². The Hall–Kier alpha value is -2.44. The van der Waals surface area contributed by atoms with Crippen molar-refractivity contribution in [2.24, 2.45) is 4.99 Å². The zero-order valence-electron chi connectivity index (χ0n) is 16.5. The molecule has 0 saturated carbocycles. The van der Waals surface area contributed by atoms with Crippen LogP contribution in [0.3, 0.4) is 0 Å². The average molecular weight is 406 g/mol. The summed E-state index contributed by atoms with van der Waals surface area (Å²) in [4.78, 5) is 4.48. The zero-order valence-corrected chi connectivity index (χ0v) is 17.3. The molecule has 0 aliphatic heterocycles. The Morgan fingerprint density at radius 3 is 2.39 bits per heavy atom. The van der Waals surface area contributed by atoms with E-state index in [4.69, 9.17) is 21.1 Å². The van der Waals surface area contributed by atoms with Crippen LogP contribution in [0, 0.1) is 0 Å². The van der Waals surface area contributed by atoms with E-state index in [1.54, 1.807) is 32.4 Å². The minimum atomic E-state index is -0.775. The van der Waals surface area contributed by atoms with E-state index in [0.29, 0.717) is 29.6 Å². The summed E-state index contributed by atoms with van der Waals surface area (Å²) < 4.78 is 10.5. The molecule has 0 radical (unpaired) electrons. The molecule has 0 amide bonds. The van der Waals surface area contributed by atoms with Crippen LogP contribution >= 0.6 is 11.6 Å². The number of aliphatic imine (C=N–C) groups is 1. The number of guanidine groups is 1. The first-order chi connectivity index (χ1) is 13.6. The molecule has 0 heterocycles. The minimum absolute atomic E-state index is 0.206. The van der Waals surface area contributed by atoms with E-state index in [-0.39, 0.29) is 6.54 Å².